The summed E-state index contributed by atoms with van der Waals surface area (Å²) in [7, 11) is 0. The summed E-state index contributed by atoms with van der Waals surface area (Å²) in [5, 5.41) is 0. The molecule has 0 saturated carbocycles. The van der Waals surface area contributed by atoms with Gasteiger partial charge in [0.25, 0.3) is 0 Å². The average Bonchev–Trinajstić information content (AvgIpc) is 2.37. The lowest BCUT2D eigenvalue weighted by atomic mass is 10.1. The van der Waals surface area contributed by atoms with Gasteiger partial charge in [-0.05, 0) is 24.6 Å². The zero-order valence-electron chi connectivity index (χ0n) is 9.88. The maximum Gasteiger partial charge on any atom is 0.412 e. The summed E-state index contributed by atoms with van der Waals surface area (Å²) in [4.78, 5) is 12.8. The van der Waals surface area contributed by atoms with Gasteiger partial charge in [0, 0.05) is 34.4 Å². The molecule has 0 bridgehead atoms. The highest BCUT2D eigenvalue weighted by Crippen LogP contribution is 2.32. The highest BCUT2D eigenvalue weighted by Gasteiger charge is 2.34. The molecular weight excluding hydrogens is 323 g/mol. The molecule has 1 heterocycles. The van der Waals surface area contributed by atoms with E-state index in [1.807, 2.05) is 0 Å². The largest absolute Gasteiger partial charge is 0.412 e. The highest BCUT2D eigenvalue weighted by atomic mass is 79.9. The van der Waals surface area contributed by atoms with Crippen molar-refractivity contribution in [2.45, 2.75) is 12.6 Å². The molecule has 0 N–H and O–H groups in total. The average molecular weight is 334 g/mol. The van der Waals surface area contributed by atoms with Gasteiger partial charge in [-0.25, -0.2) is 0 Å². The minimum atomic E-state index is -4.25. The van der Waals surface area contributed by atoms with Crippen LogP contribution in [0.3, 0.4) is 0 Å². The predicted molar refractivity (Wildman–Crippen MR) is 70.5 cm³/mol. The number of alkyl halides is 3. The molecular formula is C13H11BrF3NO. The first-order valence-electron chi connectivity index (χ1n) is 5.67. The van der Waals surface area contributed by atoms with Crippen molar-refractivity contribution in [3.8, 4) is 0 Å². The van der Waals surface area contributed by atoms with Crippen molar-refractivity contribution in [1.82, 2.24) is 0 Å². The van der Waals surface area contributed by atoms with Crippen LogP contribution in [0.25, 0.3) is 0 Å². The van der Waals surface area contributed by atoms with E-state index < -0.39 is 11.7 Å². The fraction of sp³-hybridized carbons (Fsp3) is 0.308. The Labute approximate surface area is 117 Å². The van der Waals surface area contributed by atoms with E-state index >= 15 is 0 Å². The number of anilines is 1. The molecule has 0 fully saturated rings. The fourth-order valence-corrected chi connectivity index (χ4v) is 2.43. The third kappa shape index (κ3) is 3.18. The summed E-state index contributed by atoms with van der Waals surface area (Å²) in [6.45, 7) is 0.422. The third-order valence-electron chi connectivity index (χ3n) is 3.03. The van der Waals surface area contributed by atoms with Crippen molar-refractivity contribution in [2.24, 2.45) is 0 Å². The molecule has 102 valence electrons. The molecule has 2 rings (SSSR count). The van der Waals surface area contributed by atoms with Crippen molar-refractivity contribution in [1.29, 1.82) is 0 Å². The molecule has 1 aromatic rings. The maximum absolute atomic E-state index is 12.5. The van der Waals surface area contributed by atoms with Crippen LogP contribution in [0.5, 0.6) is 0 Å². The molecule has 0 unspecified atom stereocenters. The van der Waals surface area contributed by atoms with E-state index in [-0.39, 0.29) is 19.5 Å². The second-order valence-corrected chi connectivity index (χ2v) is 5.16. The Morgan fingerprint density at radius 3 is 2.58 bits per heavy atom. The molecule has 2 nitrogen and oxygen atoms in total. The SMILES string of the molecule is O=Cc1cc(Br)ccc1N1CC=C(C(F)(F)F)CC1. The molecule has 0 radical (unpaired) electrons. The van der Waals surface area contributed by atoms with Crippen LogP contribution in [0.15, 0.2) is 34.3 Å². The molecule has 1 aliphatic heterocycles. The van der Waals surface area contributed by atoms with Gasteiger partial charge < -0.3 is 4.90 Å². The van der Waals surface area contributed by atoms with Gasteiger partial charge in [-0.3, -0.25) is 4.79 Å². The summed E-state index contributed by atoms with van der Waals surface area (Å²) in [5.41, 5.74) is 0.641. The Bertz CT molecular complexity index is 525. The molecule has 19 heavy (non-hydrogen) atoms. The van der Waals surface area contributed by atoms with Gasteiger partial charge in [0.15, 0.2) is 6.29 Å². The van der Waals surface area contributed by atoms with Crippen LogP contribution in [-0.2, 0) is 0 Å². The van der Waals surface area contributed by atoms with Gasteiger partial charge in [0.05, 0.1) is 0 Å². The third-order valence-corrected chi connectivity index (χ3v) is 3.52. The summed E-state index contributed by atoms with van der Waals surface area (Å²) in [6.07, 6.45) is -2.42. The lowest BCUT2D eigenvalue weighted by Gasteiger charge is -2.30. The Kier molecular flexibility index (Phi) is 3.99. The van der Waals surface area contributed by atoms with Gasteiger partial charge in [-0.15, -0.1) is 0 Å². The monoisotopic (exact) mass is 333 g/mol. The van der Waals surface area contributed by atoms with Crippen molar-refractivity contribution in [3.63, 3.8) is 0 Å². The van der Waals surface area contributed by atoms with Crippen molar-refractivity contribution < 1.29 is 18.0 Å². The number of carbonyl (C=O) groups excluding carboxylic acids is 1. The molecule has 1 aromatic carbocycles. The lowest BCUT2D eigenvalue weighted by molar-refractivity contribution is -0.0944. The molecule has 6 heteroatoms. The number of rotatable bonds is 2. The predicted octanol–water partition coefficient (Wildman–Crippen LogP) is 3.96. The van der Waals surface area contributed by atoms with Crippen LogP contribution in [0.1, 0.15) is 16.8 Å². The first-order chi connectivity index (χ1) is 8.91. The molecule has 0 spiro atoms. The standard InChI is InChI=1S/C13H11BrF3NO/c14-11-1-2-12(9(7-11)8-19)18-5-3-10(4-6-18)13(15,16)17/h1-3,7-8H,4-6H2. The van der Waals surface area contributed by atoms with Gasteiger partial charge in [-0.1, -0.05) is 22.0 Å². The maximum atomic E-state index is 12.5. The highest BCUT2D eigenvalue weighted by molar-refractivity contribution is 9.10. The van der Waals surface area contributed by atoms with E-state index in [4.69, 9.17) is 0 Å². The summed E-state index contributed by atoms with van der Waals surface area (Å²) in [6, 6.07) is 5.16. The number of carbonyl (C=O) groups is 1. The van der Waals surface area contributed by atoms with Crippen molar-refractivity contribution in [3.05, 3.63) is 39.9 Å². The summed E-state index contributed by atoms with van der Waals surface area (Å²) < 4.78 is 38.3. The molecule has 0 aliphatic carbocycles. The van der Waals surface area contributed by atoms with Crippen LogP contribution >= 0.6 is 15.9 Å². The van der Waals surface area contributed by atoms with Crippen LogP contribution in [0.4, 0.5) is 18.9 Å². The van der Waals surface area contributed by atoms with E-state index in [1.54, 1.807) is 23.1 Å². The number of benzene rings is 1. The van der Waals surface area contributed by atoms with Gasteiger partial charge >= 0.3 is 6.18 Å². The van der Waals surface area contributed by atoms with Gasteiger partial charge in [0.2, 0.25) is 0 Å². The lowest BCUT2D eigenvalue weighted by Crippen LogP contribution is -2.32. The Morgan fingerprint density at radius 2 is 2.05 bits per heavy atom. The van der Waals surface area contributed by atoms with Crippen LogP contribution in [-0.4, -0.2) is 25.6 Å². The molecule has 0 atom stereocenters. The minimum absolute atomic E-state index is 0.0577. The molecule has 0 aromatic heterocycles. The summed E-state index contributed by atoms with van der Waals surface area (Å²) >= 11 is 3.26. The topological polar surface area (TPSA) is 20.3 Å². The van der Waals surface area contributed by atoms with E-state index in [9.17, 15) is 18.0 Å². The van der Waals surface area contributed by atoms with E-state index in [0.29, 0.717) is 17.5 Å². The molecule has 1 aliphatic rings. The Morgan fingerprint density at radius 1 is 1.32 bits per heavy atom. The van der Waals surface area contributed by atoms with Gasteiger partial charge in [-0.2, -0.15) is 13.2 Å². The minimum Gasteiger partial charge on any atom is -0.367 e. The first-order valence-corrected chi connectivity index (χ1v) is 6.47. The second kappa shape index (κ2) is 5.36. The van der Waals surface area contributed by atoms with E-state index in [2.05, 4.69) is 15.9 Å². The second-order valence-electron chi connectivity index (χ2n) is 4.24. The number of hydrogen-bond donors (Lipinski definition) is 0. The Balaban J connectivity index is 2.23. The van der Waals surface area contributed by atoms with Crippen LogP contribution in [0.2, 0.25) is 0 Å². The van der Waals surface area contributed by atoms with Gasteiger partial charge in [0.1, 0.15) is 0 Å². The van der Waals surface area contributed by atoms with Crippen LogP contribution < -0.4 is 4.90 Å². The smallest absolute Gasteiger partial charge is 0.367 e. The zero-order valence-corrected chi connectivity index (χ0v) is 11.5. The zero-order chi connectivity index (χ0) is 14.0. The van der Waals surface area contributed by atoms with Crippen molar-refractivity contribution >= 4 is 27.9 Å². The number of aldehydes is 1. The summed E-state index contributed by atoms with van der Waals surface area (Å²) in [5.74, 6) is 0. The Hall–Kier alpha value is -1.30. The normalized spacial score (nSPS) is 16.2. The number of halogens is 4. The van der Waals surface area contributed by atoms with E-state index in [1.165, 1.54) is 6.08 Å². The van der Waals surface area contributed by atoms with Crippen molar-refractivity contribution in [2.75, 3.05) is 18.0 Å². The quantitative estimate of drug-likeness (QED) is 0.603. The molecule has 0 saturated heterocycles. The van der Waals surface area contributed by atoms with Crippen LogP contribution in [0, 0.1) is 0 Å². The molecule has 0 amide bonds. The number of hydrogen-bond acceptors (Lipinski definition) is 2. The first kappa shape index (κ1) is 14.1. The fourth-order valence-electron chi connectivity index (χ4n) is 2.05. The number of nitrogens with zero attached hydrogens (tertiary/aromatic N) is 1. The van der Waals surface area contributed by atoms with E-state index in [0.717, 1.165) is 4.47 Å².